The molecule has 1 aromatic carbocycles. The van der Waals surface area contributed by atoms with Gasteiger partial charge in [-0.1, -0.05) is 6.07 Å². The lowest BCUT2D eigenvalue weighted by molar-refractivity contribution is -0.148. The van der Waals surface area contributed by atoms with Crippen molar-refractivity contribution < 1.29 is 41.0 Å². The number of hydrogen-bond acceptors (Lipinski definition) is 5. The van der Waals surface area contributed by atoms with E-state index in [1.54, 1.807) is 0 Å². The Morgan fingerprint density at radius 1 is 1.32 bits per heavy atom. The number of alkyl halides is 3. The van der Waals surface area contributed by atoms with Gasteiger partial charge in [0, 0.05) is 7.11 Å². The van der Waals surface area contributed by atoms with Crippen molar-refractivity contribution in [2.45, 2.75) is 17.2 Å². The zero-order valence-electron chi connectivity index (χ0n) is 12.8. The SMILES string of the molecule is COC(CNC(=O)CNS(=O)(=O)c1cccc(C(F)(F)F)c1)C(=O)O. The first-order valence-corrected chi connectivity index (χ1v) is 8.15. The number of hydrogen-bond donors (Lipinski definition) is 3. The zero-order valence-corrected chi connectivity index (χ0v) is 13.6. The third-order valence-electron chi connectivity index (χ3n) is 2.94. The summed E-state index contributed by atoms with van der Waals surface area (Å²) in [5.41, 5.74) is -1.15. The normalized spacial score (nSPS) is 13.3. The summed E-state index contributed by atoms with van der Waals surface area (Å²) in [5.74, 6) is -2.20. The molecule has 0 fully saturated rings. The molecule has 8 nitrogen and oxygen atoms in total. The molecule has 1 unspecified atom stereocenters. The van der Waals surface area contributed by atoms with E-state index < -0.39 is 57.7 Å². The minimum atomic E-state index is -4.71. The number of amides is 1. The fourth-order valence-corrected chi connectivity index (χ4v) is 2.65. The van der Waals surface area contributed by atoms with Crippen LogP contribution in [0.5, 0.6) is 0 Å². The highest BCUT2D eigenvalue weighted by molar-refractivity contribution is 7.89. The van der Waals surface area contributed by atoms with Crippen LogP contribution in [0.2, 0.25) is 0 Å². The number of ether oxygens (including phenoxy) is 1. The maximum absolute atomic E-state index is 12.6. The van der Waals surface area contributed by atoms with E-state index >= 15 is 0 Å². The summed E-state index contributed by atoms with van der Waals surface area (Å²) in [4.78, 5) is 21.5. The van der Waals surface area contributed by atoms with E-state index in [1.807, 2.05) is 4.72 Å². The summed E-state index contributed by atoms with van der Waals surface area (Å²) >= 11 is 0. The van der Waals surface area contributed by atoms with Gasteiger partial charge in [0.1, 0.15) is 0 Å². The van der Waals surface area contributed by atoms with E-state index in [9.17, 15) is 31.2 Å². The summed E-state index contributed by atoms with van der Waals surface area (Å²) in [7, 11) is -3.24. The average molecular weight is 384 g/mol. The van der Waals surface area contributed by atoms with Crippen molar-refractivity contribution in [3.8, 4) is 0 Å². The largest absolute Gasteiger partial charge is 0.479 e. The molecule has 1 rings (SSSR count). The second-order valence-electron chi connectivity index (χ2n) is 4.72. The van der Waals surface area contributed by atoms with Crippen LogP contribution in [-0.2, 0) is 30.5 Å². The van der Waals surface area contributed by atoms with Gasteiger partial charge in [0.2, 0.25) is 15.9 Å². The first-order valence-electron chi connectivity index (χ1n) is 6.66. The van der Waals surface area contributed by atoms with Crippen LogP contribution in [0, 0.1) is 0 Å². The first-order chi connectivity index (χ1) is 11.5. The van der Waals surface area contributed by atoms with Crippen LogP contribution in [-0.4, -0.2) is 51.7 Å². The van der Waals surface area contributed by atoms with E-state index in [1.165, 1.54) is 0 Å². The third-order valence-corrected chi connectivity index (χ3v) is 4.34. The Balaban J connectivity index is 2.70. The molecule has 12 heteroatoms. The quantitative estimate of drug-likeness (QED) is 0.589. The molecule has 1 aromatic rings. The third kappa shape index (κ3) is 6.32. The number of carbonyl (C=O) groups is 2. The first kappa shape index (κ1) is 20.9. The van der Waals surface area contributed by atoms with E-state index in [0.717, 1.165) is 19.2 Å². The number of rotatable bonds is 8. The van der Waals surface area contributed by atoms with Crippen molar-refractivity contribution in [2.75, 3.05) is 20.2 Å². The molecular formula is C13H15F3N2O6S. The summed E-state index contributed by atoms with van der Waals surface area (Å²) in [5, 5.41) is 10.8. The van der Waals surface area contributed by atoms with Crippen molar-refractivity contribution in [3.63, 3.8) is 0 Å². The van der Waals surface area contributed by atoms with Gasteiger partial charge in [0.05, 0.1) is 23.5 Å². The number of benzene rings is 1. The van der Waals surface area contributed by atoms with E-state index in [0.29, 0.717) is 12.1 Å². The van der Waals surface area contributed by atoms with Gasteiger partial charge in [-0.2, -0.15) is 13.2 Å². The Labute approximate surface area is 141 Å². The maximum atomic E-state index is 12.6. The molecule has 3 N–H and O–H groups in total. The lowest BCUT2D eigenvalue weighted by Crippen LogP contribution is -2.42. The molecule has 0 bridgehead atoms. The van der Waals surface area contributed by atoms with Gasteiger partial charge in [-0.25, -0.2) is 17.9 Å². The number of carboxylic acid groups (broad SMARTS) is 1. The Morgan fingerprint density at radius 2 is 1.96 bits per heavy atom. The molecule has 0 saturated carbocycles. The smallest absolute Gasteiger partial charge is 0.416 e. The van der Waals surface area contributed by atoms with Gasteiger partial charge in [0.15, 0.2) is 6.10 Å². The minimum Gasteiger partial charge on any atom is -0.479 e. The highest BCUT2D eigenvalue weighted by atomic mass is 32.2. The van der Waals surface area contributed by atoms with E-state index in [2.05, 4.69) is 10.1 Å². The van der Waals surface area contributed by atoms with Crippen LogP contribution in [0.1, 0.15) is 5.56 Å². The van der Waals surface area contributed by atoms with Crippen molar-refractivity contribution in [3.05, 3.63) is 29.8 Å². The molecule has 0 radical (unpaired) electrons. The molecule has 0 spiro atoms. The van der Waals surface area contributed by atoms with Gasteiger partial charge in [-0.3, -0.25) is 4.79 Å². The van der Waals surface area contributed by atoms with Crippen LogP contribution >= 0.6 is 0 Å². The molecule has 0 aliphatic carbocycles. The standard InChI is InChI=1S/C13H15F3N2O6S/c1-24-10(12(20)21)6-17-11(19)7-18-25(22,23)9-4-2-3-8(5-9)13(14,15)16/h2-5,10,18H,6-7H2,1H3,(H,17,19)(H,20,21). The number of methoxy groups -OCH3 is 1. The van der Waals surface area contributed by atoms with Crippen LogP contribution < -0.4 is 10.0 Å². The topological polar surface area (TPSA) is 122 Å². The van der Waals surface area contributed by atoms with Gasteiger partial charge < -0.3 is 15.2 Å². The van der Waals surface area contributed by atoms with Crippen LogP contribution in [0.15, 0.2) is 29.2 Å². The van der Waals surface area contributed by atoms with E-state index in [-0.39, 0.29) is 0 Å². The van der Waals surface area contributed by atoms with Gasteiger partial charge in [-0.05, 0) is 18.2 Å². The van der Waals surface area contributed by atoms with Gasteiger partial charge in [-0.15, -0.1) is 0 Å². The van der Waals surface area contributed by atoms with Crippen LogP contribution in [0.25, 0.3) is 0 Å². The second kappa shape index (κ2) is 8.27. The molecular weight excluding hydrogens is 369 g/mol. The molecule has 25 heavy (non-hydrogen) atoms. The molecule has 1 atom stereocenters. The predicted molar refractivity (Wildman–Crippen MR) is 78.1 cm³/mol. The number of sulfonamides is 1. The number of nitrogens with one attached hydrogen (secondary N) is 2. The average Bonchev–Trinajstić information content (AvgIpc) is 2.52. The summed E-state index contributed by atoms with van der Waals surface area (Å²) in [6.45, 7) is -1.19. The van der Waals surface area contributed by atoms with Gasteiger partial charge >= 0.3 is 12.1 Å². The van der Waals surface area contributed by atoms with Crippen molar-refractivity contribution in [1.29, 1.82) is 0 Å². The second-order valence-corrected chi connectivity index (χ2v) is 6.48. The van der Waals surface area contributed by atoms with Crippen molar-refractivity contribution in [2.24, 2.45) is 0 Å². The summed E-state index contributed by atoms with van der Waals surface area (Å²) in [6.07, 6.45) is -6.03. The van der Waals surface area contributed by atoms with Crippen molar-refractivity contribution >= 4 is 21.9 Å². The fourth-order valence-electron chi connectivity index (χ4n) is 1.62. The molecule has 0 aromatic heterocycles. The number of carboxylic acids is 1. The lowest BCUT2D eigenvalue weighted by Gasteiger charge is -2.12. The summed E-state index contributed by atoms with van der Waals surface area (Å²) in [6, 6.07) is 3.02. The highest BCUT2D eigenvalue weighted by Crippen LogP contribution is 2.30. The summed E-state index contributed by atoms with van der Waals surface area (Å²) < 4.78 is 68.1. The molecule has 0 aliphatic rings. The molecule has 140 valence electrons. The Morgan fingerprint density at radius 3 is 2.48 bits per heavy atom. The molecule has 0 aliphatic heterocycles. The van der Waals surface area contributed by atoms with Gasteiger partial charge in [0.25, 0.3) is 0 Å². The van der Waals surface area contributed by atoms with Crippen molar-refractivity contribution in [1.82, 2.24) is 10.0 Å². The maximum Gasteiger partial charge on any atom is 0.416 e. The molecule has 0 saturated heterocycles. The zero-order chi connectivity index (χ0) is 19.3. The number of halogens is 3. The number of carbonyl (C=O) groups excluding carboxylic acids is 1. The van der Waals surface area contributed by atoms with Crippen LogP contribution in [0.4, 0.5) is 13.2 Å². The van der Waals surface area contributed by atoms with Crippen LogP contribution in [0.3, 0.4) is 0 Å². The highest BCUT2D eigenvalue weighted by Gasteiger charge is 2.31. The Hall–Kier alpha value is -2.18. The molecule has 1 amide bonds. The minimum absolute atomic E-state index is 0.407. The predicted octanol–water partition coefficient (Wildman–Crippen LogP) is 0.200. The monoisotopic (exact) mass is 384 g/mol. The molecule has 0 heterocycles. The number of aliphatic carboxylic acids is 1. The Kier molecular flexibility index (Phi) is 6.90. The Bertz CT molecular complexity index is 736. The lowest BCUT2D eigenvalue weighted by atomic mass is 10.2. The fraction of sp³-hybridized carbons (Fsp3) is 0.385. The van der Waals surface area contributed by atoms with E-state index in [4.69, 9.17) is 5.11 Å².